The molecule has 3 rings (SSSR count). The molecule has 0 amide bonds. The topological polar surface area (TPSA) is 93.2 Å². The van der Waals surface area contributed by atoms with Crippen molar-refractivity contribution in [1.29, 1.82) is 0 Å². The van der Waals surface area contributed by atoms with Gasteiger partial charge in [-0.05, 0) is 56.4 Å². The summed E-state index contributed by atoms with van der Waals surface area (Å²) in [6.07, 6.45) is 8.30. The third-order valence-corrected chi connectivity index (χ3v) is 10.8. The highest BCUT2D eigenvalue weighted by Gasteiger charge is 2.33. The number of hydrogen-bond donors (Lipinski definition) is 0. The largest absolute Gasteiger partial charge is 0.381 e. The molecule has 10 heteroatoms. The molecule has 0 unspecified atom stereocenters. The van der Waals surface area contributed by atoms with Gasteiger partial charge in [0.2, 0.25) is 20.0 Å². The quantitative estimate of drug-likeness (QED) is 0.443. The summed E-state index contributed by atoms with van der Waals surface area (Å²) in [5, 5.41) is 0. The van der Waals surface area contributed by atoms with Crippen molar-refractivity contribution in [3.8, 4) is 0 Å². The molecule has 0 radical (unpaired) electrons. The van der Waals surface area contributed by atoms with Crippen LogP contribution >= 0.6 is 0 Å². The van der Waals surface area contributed by atoms with Crippen LogP contribution < -0.4 is 0 Å². The van der Waals surface area contributed by atoms with Gasteiger partial charge in [0.1, 0.15) is 0 Å². The first-order valence-corrected chi connectivity index (χ1v) is 15.7. The molecule has 0 atom stereocenters. The molecule has 2 heterocycles. The molecule has 0 N–H and O–H groups in total. The number of methoxy groups -OCH3 is 2. The zero-order chi connectivity index (χ0) is 26.1. The number of aryl methyl sites for hydroxylation is 1. The first kappa shape index (κ1) is 30.2. The van der Waals surface area contributed by atoms with Gasteiger partial charge in [0.05, 0.1) is 22.0 Å². The number of sulfonamides is 2. The Bertz CT molecular complexity index is 977. The van der Waals surface area contributed by atoms with E-state index in [0.29, 0.717) is 57.4 Å². The Morgan fingerprint density at radius 1 is 0.771 bits per heavy atom. The molecule has 8 nitrogen and oxygen atoms in total. The van der Waals surface area contributed by atoms with Crippen LogP contribution in [0.2, 0.25) is 0 Å². The summed E-state index contributed by atoms with van der Waals surface area (Å²) in [4.78, 5) is 0.285. The maximum absolute atomic E-state index is 13.0. The molecule has 2 aliphatic rings. The highest BCUT2D eigenvalue weighted by Crippen LogP contribution is 2.28. The van der Waals surface area contributed by atoms with Gasteiger partial charge < -0.3 is 9.47 Å². The fourth-order valence-electron chi connectivity index (χ4n) is 4.48. The Morgan fingerprint density at radius 3 is 1.57 bits per heavy atom. The monoisotopic (exact) mass is 532 g/mol. The molecule has 1 aromatic rings. The molecule has 0 saturated carbocycles. The van der Waals surface area contributed by atoms with Crippen molar-refractivity contribution in [3.05, 3.63) is 23.8 Å². The summed E-state index contributed by atoms with van der Waals surface area (Å²) >= 11 is 0. The van der Waals surface area contributed by atoms with Crippen molar-refractivity contribution in [3.63, 3.8) is 0 Å². The van der Waals surface area contributed by atoms with E-state index in [4.69, 9.17) is 9.47 Å². The van der Waals surface area contributed by atoms with Crippen LogP contribution in [0, 0.1) is 6.92 Å². The summed E-state index contributed by atoms with van der Waals surface area (Å²) in [6, 6.07) is 4.29. The number of nitrogens with zero attached hydrogens (tertiary/aromatic N) is 2. The predicted molar refractivity (Wildman–Crippen MR) is 139 cm³/mol. The minimum absolute atomic E-state index is 0.0808. The average Bonchev–Trinajstić information content (AvgIpc) is 2.87. The zero-order valence-corrected chi connectivity index (χ0v) is 23.7. The van der Waals surface area contributed by atoms with Crippen molar-refractivity contribution < 1.29 is 26.3 Å². The molecule has 2 fully saturated rings. The van der Waals surface area contributed by atoms with Gasteiger partial charge in [0.15, 0.2) is 0 Å². The van der Waals surface area contributed by atoms with Crippen molar-refractivity contribution in [2.24, 2.45) is 0 Å². The SMILES string of the molecule is CCCCCC.COC1CCN(S(=O)(=O)c2ccc(S(=O)(=O)N3CCC(OC)CC3)c(C)c2)CC1. The van der Waals surface area contributed by atoms with E-state index in [1.165, 1.54) is 52.5 Å². The summed E-state index contributed by atoms with van der Waals surface area (Å²) in [5.41, 5.74) is 0.437. The molecular weight excluding hydrogens is 488 g/mol. The van der Waals surface area contributed by atoms with E-state index in [1.807, 2.05) is 0 Å². The van der Waals surface area contributed by atoms with E-state index < -0.39 is 20.0 Å². The van der Waals surface area contributed by atoms with E-state index in [0.717, 1.165) is 0 Å². The van der Waals surface area contributed by atoms with Gasteiger partial charge in [-0.15, -0.1) is 0 Å². The highest BCUT2D eigenvalue weighted by atomic mass is 32.2. The van der Waals surface area contributed by atoms with Crippen molar-refractivity contribution in [2.45, 2.75) is 94.1 Å². The molecule has 0 spiro atoms. The van der Waals surface area contributed by atoms with Gasteiger partial charge in [-0.25, -0.2) is 16.8 Å². The van der Waals surface area contributed by atoms with Crippen LogP contribution in [0.5, 0.6) is 0 Å². The summed E-state index contributed by atoms with van der Waals surface area (Å²) in [6.45, 7) is 7.70. The lowest BCUT2D eigenvalue weighted by molar-refractivity contribution is 0.0602. The molecule has 35 heavy (non-hydrogen) atoms. The second-order valence-electron chi connectivity index (χ2n) is 9.31. The second kappa shape index (κ2) is 14.0. The molecule has 0 bridgehead atoms. The Balaban J connectivity index is 0.000000641. The number of unbranched alkanes of at least 4 members (excludes halogenated alkanes) is 3. The van der Waals surface area contributed by atoms with E-state index in [1.54, 1.807) is 21.1 Å². The van der Waals surface area contributed by atoms with Crippen molar-refractivity contribution in [1.82, 2.24) is 8.61 Å². The predicted octanol–water partition coefficient (Wildman–Crippen LogP) is 4.18. The molecule has 0 aliphatic carbocycles. The fraction of sp³-hybridized carbons (Fsp3) is 0.760. The Morgan fingerprint density at radius 2 is 1.20 bits per heavy atom. The maximum atomic E-state index is 13.0. The van der Waals surface area contributed by atoms with Crippen LogP contribution in [0.4, 0.5) is 0 Å². The molecule has 1 aromatic carbocycles. The van der Waals surface area contributed by atoms with Gasteiger partial charge in [-0.1, -0.05) is 39.5 Å². The van der Waals surface area contributed by atoms with Gasteiger partial charge >= 0.3 is 0 Å². The third kappa shape index (κ3) is 7.97. The zero-order valence-electron chi connectivity index (χ0n) is 22.0. The molecule has 2 saturated heterocycles. The molecular formula is C25H44N2O6S2. The minimum Gasteiger partial charge on any atom is -0.381 e. The number of hydrogen-bond acceptors (Lipinski definition) is 6. The lowest BCUT2D eigenvalue weighted by Crippen LogP contribution is -2.41. The average molecular weight is 533 g/mol. The number of rotatable bonds is 9. The van der Waals surface area contributed by atoms with Crippen molar-refractivity contribution in [2.75, 3.05) is 40.4 Å². The van der Waals surface area contributed by atoms with Crippen LogP contribution in [0.1, 0.15) is 70.8 Å². The number of piperidine rings is 2. The number of ether oxygens (including phenoxy) is 2. The molecule has 2 aliphatic heterocycles. The van der Waals surface area contributed by atoms with Crippen molar-refractivity contribution >= 4 is 20.0 Å². The normalized spacial score (nSPS) is 19.3. The first-order valence-electron chi connectivity index (χ1n) is 12.8. The smallest absolute Gasteiger partial charge is 0.243 e. The lowest BCUT2D eigenvalue weighted by Gasteiger charge is -2.31. The summed E-state index contributed by atoms with van der Waals surface area (Å²) in [5.74, 6) is 0. The van der Waals surface area contributed by atoms with Crippen LogP contribution in [-0.4, -0.2) is 78.1 Å². The minimum atomic E-state index is -3.67. The van der Waals surface area contributed by atoms with Crippen LogP contribution in [0.3, 0.4) is 0 Å². The van der Waals surface area contributed by atoms with E-state index in [9.17, 15) is 16.8 Å². The summed E-state index contributed by atoms with van der Waals surface area (Å²) in [7, 11) is -4.06. The second-order valence-corrected chi connectivity index (χ2v) is 13.2. The van der Waals surface area contributed by atoms with Crippen LogP contribution in [0.15, 0.2) is 28.0 Å². The van der Waals surface area contributed by atoms with Gasteiger partial charge in [0, 0.05) is 40.4 Å². The van der Waals surface area contributed by atoms with Crippen LogP contribution in [0.25, 0.3) is 0 Å². The Hall–Kier alpha value is -1.04. The Kier molecular flexibility index (Phi) is 12.1. The highest BCUT2D eigenvalue weighted by molar-refractivity contribution is 7.89. The van der Waals surface area contributed by atoms with E-state index in [-0.39, 0.29) is 22.0 Å². The van der Waals surface area contributed by atoms with Gasteiger partial charge in [0.25, 0.3) is 0 Å². The lowest BCUT2D eigenvalue weighted by atomic mass is 10.1. The standard InChI is InChI=1S/C19H30N2O6S2.C6H14/c1-15-14-18(28(22,23)20-10-6-16(26-2)7-11-20)4-5-19(15)29(24,25)21-12-8-17(27-3)9-13-21;1-3-5-6-4-2/h4-5,14,16-17H,6-13H2,1-3H3;3-6H2,1-2H3. The first-order chi connectivity index (χ1) is 16.6. The third-order valence-electron chi connectivity index (χ3n) is 6.83. The van der Waals surface area contributed by atoms with Gasteiger partial charge in [-0.2, -0.15) is 8.61 Å². The molecule has 202 valence electrons. The Labute approximate surface area is 213 Å². The van der Waals surface area contributed by atoms with E-state index in [2.05, 4.69) is 13.8 Å². The van der Waals surface area contributed by atoms with Gasteiger partial charge in [-0.3, -0.25) is 0 Å². The molecule has 0 aromatic heterocycles. The fourth-order valence-corrected chi connectivity index (χ4v) is 7.71. The number of benzene rings is 1. The summed E-state index contributed by atoms with van der Waals surface area (Å²) < 4.78 is 65.6. The van der Waals surface area contributed by atoms with Crippen LogP contribution in [-0.2, 0) is 29.5 Å². The van der Waals surface area contributed by atoms with E-state index >= 15 is 0 Å². The maximum Gasteiger partial charge on any atom is 0.243 e.